The van der Waals surface area contributed by atoms with Crippen LogP contribution in [0.4, 0.5) is 17.6 Å². The van der Waals surface area contributed by atoms with Crippen LogP contribution in [0.5, 0.6) is 0 Å². The summed E-state index contributed by atoms with van der Waals surface area (Å²) in [6, 6.07) is 5.49. The molecular formula is C15H15F4N3O2S. The first-order valence-corrected chi connectivity index (χ1v) is 9.05. The van der Waals surface area contributed by atoms with E-state index >= 15 is 0 Å². The maximum atomic E-state index is 13.1. The van der Waals surface area contributed by atoms with Crippen molar-refractivity contribution < 1.29 is 26.0 Å². The van der Waals surface area contributed by atoms with Gasteiger partial charge in [0.1, 0.15) is 5.82 Å². The molecule has 0 radical (unpaired) electrons. The Kier molecular flexibility index (Phi) is 4.58. The Morgan fingerprint density at radius 2 is 1.96 bits per heavy atom. The van der Waals surface area contributed by atoms with Crippen LogP contribution in [0.2, 0.25) is 0 Å². The van der Waals surface area contributed by atoms with Gasteiger partial charge in [-0.25, -0.2) is 17.5 Å². The third kappa shape index (κ3) is 4.18. The van der Waals surface area contributed by atoms with E-state index in [2.05, 4.69) is 9.82 Å². The minimum Gasteiger partial charge on any atom is -0.267 e. The van der Waals surface area contributed by atoms with Gasteiger partial charge in [-0.3, -0.25) is 4.68 Å². The zero-order chi connectivity index (χ0) is 18.2. The summed E-state index contributed by atoms with van der Waals surface area (Å²) < 4.78 is 79.2. The number of hydrogen-bond acceptors (Lipinski definition) is 3. The fourth-order valence-corrected chi connectivity index (χ4v) is 3.51. The average molecular weight is 377 g/mol. The molecule has 0 amide bonds. The van der Waals surface area contributed by atoms with Crippen molar-refractivity contribution in [3.05, 3.63) is 47.5 Å². The van der Waals surface area contributed by atoms with Crippen molar-refractivity contribution in [3.63, 3.8) is 0 Å². The molecule has 1 aliphatic rings. The standard InChI is InChI=1S/C15H15F4N3O2S/c16-11-2-1-3-12(8-11)25(23,24)20-6-7-22-13(10-4-5-10)9-14(21-22)15(17,18)19/h1-3,8-10,20H,4-7H2. The maximum absolute atomic E-state index is 13.1. The van der Waals surface area contributed by atoms with Crippen LogP contribution in [-0.4, -0.2) is 24.7 Å². The first-order chi connectivity index (χ1) is 11.7. The third-order valence-electron chi connectivity index (χ3n) is 3.82. The van der Waals surface area contributed by atoms with Crippen LogP contribution in [0.3, 0.4) is 0 Å². The number of halogens is 4. The molecule has 0 spiro atoms. The molecule has 1 aromatic heterocycles. The highest BCUT2D eigenvalue weighted by molar-refractivity contribution is 7.89. The smallest absolute Gasteiger partial charge is 0.267 e. The quantitative estimate of drug-likeness (QED) is 0.788. The van der Waals surface area contributed by atoms with E-state index in [0.29, 0.717) is 5.69 Å². The minimum atomic E-state index is -4.55. The van der Waals surface area contributed by atoms with E-state index in [4.69, 9.17) is 0 Å². The van der Waals surface area contributed by atoms with Gasteiger partial charge in [-0.1, -0.05) is 6.07 Å². The highest BCUT2D eigenvalue weighted by Gasteiger charge is 2.37. The number of nitrogens with one attached hydrogen (secondary N) is 1. The van der Waals surface area contributed by atoms with Gasteiger partial charge in [-0.15, -0.1) is 0 Å². The Bertz CT molecular complexity index is 873. The van der Waals surface area contributed by atoms with Gasteiger partial charge in [0, 0.05) is 18.2 Å². The molecule has 1 fully saturated rings. The zero-order valence-corrected chi connectivity index (χ0v) is 13.7. The van der Waals surface area contributed by atoms with Gasteiger partial charge in [-0.2, -0.15) is 18.3 Å². The van der Waals surface area contributed by atoms with Crippen molar-refractivity contribution in [2.45, 2.75) is 36.4 Å². The molecule has 0 unspecified atom stereocenters. The number of rotatable bonds is 6. The summed E-state index contributed by atoms with van der Waals surface area (Å²) >= 11 is 0. The van der Waals surface area contributed by atoms with Gasteiger partial charge in [0.15, 0.2) is 5.69 Å². The molecule has 1 aliphatic carbocycles. The van der Waals surface area contributed by atoms with E-state index in [1.807, 2.05) is 0 Å². The van der Waals surface area contributed by atoms with Crippen molar-refractivity contribution in [2.75, 3.05) is 6.54 Å². The summed E-state index contributed by atoms with van der Waals surface area (Å²) in [4.78, 5) is -0.244. The Balaban J connectivity index is 1.70. The normalized spacial score (nSPS) is 15.5. The second-order valence-electron chi connectivity index (χ2n) is 5.80. The number of benzene rings is 1. The lowest BCUT2D eigenvalue weighted by molar-refractivity contribution is -0.141. The van der Waals surface area contributed by atoms with Crippen LogP contribution >= 0.6 is 0 Å². The van der Waals surface area contributed by atoms with E-state index in [1.54, 1.807) is 0 Å². The molecule has 0 saturated heterocycles. The topological polar surface area (TPSA) is 64.0 Å². The summed E-state index contributed by atoms with van der Waals surface area (Å²) in [7, 11) is -3.95. The van der Waals surface area contributed by atoms with Crippen LogP contribution < -0.4 is 4.72 Å². The number of alkyl halides is 3. The molecule has 3 rings (SSSR count). The molecule has 1 N–H and O–H groups in total. The number of nitrogens with zero attached hydrogens (tertiary/aromatic N) is 2. The second kappa shape index (κ2) is 6.41. The van der Waals surface area contributed by atoms with Gasteiger partial charge in [0.05, 0.1) is 11.4 Å². The van der Waals surface area contributed by atoms with Crippen molar-refractivity contribution >= 4 is 10.0 Å². The first kappa shape index (κ1) is 17.9. The van der Waals surface area contributed by atoms with Gasteiger partial charge < -0.3 is 0 Å². The van der Waals surface area contributed by atoms with Crippen molar-refractivity contribution in [1.82, 2.24) is 14.5 Å². The largest absolute Gasteiger partial charge is 0.435 e. The first-order valence-electron chi connectivity index (χ1n) is 7.57. The van der Waals surface area contributed by atoms with Crippen LogP contribution in [0.25, 0.3) is 0 Å². The van der Waals surface area contributed by atoms with Crippen molar-refractivity contribution in [2.24, 2.45) is 0 Å². The van der Waals surface area contributed by atoms with Crippen molar-refractivity contribution in [1.29, 1.82) is 0 Å². The minimum absolute atomic E-state index is 0.0310. The van der Waals surface area contributed by atoms with E-state index in [9.17, 15) is 26.0 Å². The molecule has 0 aliphatic heterocycles. The summed E-state index contributed by atoms with van der Waals surface area (Å²) in [5.74, 6) is -0.663. The Hall–Kier alpha value is -1.94. The van der Waals surface area contributed by atoms with Crippen molar-refractivity contribution in [3.8, 4) is 0 Å². The lowest BCUT2D eigenvalue weighted by Gasteiger charge is -2.09. The number of aromatic nitrogens is 2. The average Bonchev–Trinajstić information content (AvgIpc) is 3.26. The molecule has 0 bridgehead atoms. The molecule has 1 heterocycles. The molecule has 0 atom stereocenters. The van der Waals surface area contributed by atoms with Gasteiger partial charge in [0.25, 0.3) is 0 Å². The monoisotopic (exact) mass is 377 g/mol. The molecule has 25 heavy (non-hydrogen) atoms. The molecule has 136 valence electrons. The predicted octanol–water partition coefficient (Wildman–Crippen LogP) is 2.90. The zero-order valence-electron chi connectivity index (χ0n) is 12.9. The van der Waals surface area contributed by atoms with E-state index in [-0.39, 0.29) is 23.9 Å². The summed E-state index contributed by atoms with van der Waals surface area (Å²) in [5.41, 5.74) is -0.528. The molecule has 2 aromatic rings. The summed E-state index contributed by atoms with van der Waals surface area (Å²) in [6.07, 6.45) is -2.97. The van der Waals surface area contributed by atoms with Crippen LogP contribution in [0.15, 0.2) is 35.2 Å². The lowest BCUT2D eigenvalue weighted by Crippen LogP contribution is -2.28. The van der Waals surface area contributed by atoms with E-state index in [0.717, 1.165) is 31.0 Å². The Morgan fingerprint density at radius 1 is 1.24 bits per heavy atom. The van der Waals surface area contributed by atoms with Gasteiger partial charge >= 0.3 is 6.18 Å². The molecule has 10 heteroatoms. The SMILES string of the molecule is O=S(=O)(NCCn1nc(C(F)(F)F)cc1C1CC1)c1cccc(F)c1. The molecule has 1 aromatic carbocycles. The Morgan fingerprint density at radius 3 is 2.56 bits per heavy atom. The van der Waals surface area contributed by atoms with E-state index < -0.39 is 27.7 Å². The number of sulfonamides is 1. The van der Waals surface area contributed by atoms with Crippen LogP contribution in [0, 0.1) is 5.82 Å². The highest BCUT2D eigenvalue weighted by Crippen LogP contribution is 2.42. The van der Waals surface area contributed by atoms with Gasteiger partial charge in [-0.05, 0) is 37.1 Å². The molecule has 5 nitrogen and oxygen atoms in total. The fourth-order valence-electron chi connectivity index (χ4n) is 2.46. The second-order valence-corrected chi connectivity index (χ2v) is 7.57. The summed E-state index contributed by atoms with van der Waals surface area (Å²) in [6.45, 7) is -0.200. The number of hydrogen-bond donors (Lipinski definition) is 1. The van der Waals surface area contributed by atoms with Gasteiger partial charge in [0.2, 0.25) is 10.0 Å². The van der Waals surface area contributed by atoms with Crippen LogP contribution in [0.1, 0.15) is 30.1 Å². The molecular weight excluding hydrogens is 362 g/mol. The Labute approximate surface area is 141 Å². The maximum Gasteiger partial charge on any atom is 0.435 e. The predicted molar refractivity (Wildman–Crippen MR) is 80.8 cm³/mol. The highest BCUT2D eigenvalue weighted by atomic mass is 32.2. The lowest BCUT2D eigenvalue weighted by atomic mass is 10.2. The fraction of sp³-hybridized carbons (Fsp3) is 0.400. The van der Waals surface area contributed by atoms with E-state index in [1.165, 1.54) is 16.8 Å². The summed E-state index contributed by atoms with van der Waals surface area (Å²) in [5, 5.41) is 3.55. The third-order valence-corrected chi connectivity index (χ3v) is 5.28. The van der Waals surface area contributed by atoms with Crippen LogP contribution in [-0.2, 0) is 22.7 Å². The molecule has 1 saturated carbocycles.